The van der Waals surface area contributed by atoms with Crippen molar-refractivity contribution in [1.29, 1.82) is 0 Å². The minimum absolute atomic E-state index is 0.0386. The Bertz CT molecular complexity index is 993. The zero-order chi connectivity index (χ0) is 17.8. The van der Waals surface area contributed by atoms with Gasteiger partial charge in [0.1, 0.15) is 18.7 Å². The summed E-state index contributed by atoms with van der Waals surface area (Å²) in [5.74, 6) is 0.926. The van der Waals surface area contributed by atoms with E-state index in [4.69, 9.17) is 0 Å². The van der Waals surface area contributed by atoms with E-state index in [1.54, 1.807) is 41.6 Å². The van der Waals surface area contributed by atoms with Crippen molar-refractivity contribution in [1.82, 2.24) is 34.7 Å². The van der Waals surface area contributed by atoms with Gasteiger partial charge in [0.25, 0.3) is 0 Å². The van der Waals surface area contributed by atoms with E-state index in [-0.39, 0.29) is 12.5 Å². The molecule has 3 heterocycles. The number of tetrazole rings is 1. The lowest BCUT2D eigenvalue weighted by atomic mass is 10.2. The highest BCUT2D eigenvalue weighted by atomic mass is 16.2. The highest BCUT2D eigenvalue weighted by molar-refractivity contribution is 5.90. The average molecular weight is 346 g/mol. The quantitative estimate of drug-likeness (QED) is 0.588. The van der Waals surface area contributed by atoms with E-state index in [9.17, 15) is 4.79 Å². The average Bonchev–Trinajstić information content (AvgIpc) is 3.35. The number of nitrogens with one attached hydrogen (secondary N) is 1. The summed E-state index contributed by atoms with van der Waals surface area (Å²) in [6.45, 7) is -0.0386. The van der Waals surface area contributed by atoms with Gasteiger partial charge >= 0.3 is 0 Å². The highest BCUT2D eigenvalue weighted by Gasteiger charge is 2.09. The molecule has 9 heteroatoms. The summed E-state index contributed by atoms with van der Waals surface area (Å²) in [6, 6.07) is 13.0. The van der Waals surface area contributed by atoms with Gasteiger partial charge in [-0.3, -0.25) is 9.36 Å². The van der Waals surface area contributed by atoms with Gasteiger partial charge in [-0.05, 0) is 17.3 Å². The number of carbonyl (C=O) groups excluding carboxylic acids is 1. The zero-order valence-electron chi connectivity index (χ0n) is 13.6. The number of anilines is 1. The lowest BCUT2D eigenvalue weighted by Gasteiger charge is -2.05. The Morgan fingerprint density at radius 2 is 2.00 bits per heavy atom. The fraction of sp³-hybridized carbons (Fsp3) is 0.0588. The molecule has 9 nitrogen and oxygen atoms in total. The van der Waals surface area contributed by atoms with Crippen molar-refractivity contribution in [3.63, 3.8) is 0 Å². The smallest absolute Gasteiger partial charge is 0.248 e. The minimum atomic E-state index is -0.265. The normalized spacial score (nSPS) is 10.6. The van der Waals surface area contributed by atoms with Crippen LogP contribution in [0.25, 0.3) is 17.2 Å². The van der Waals surface area contributed by atoms with Crippen LogP contribution in [0.5, 0.6) is 0 Å². The molecule has 4 rings (SSSR count). The van der Waals surface area contributed by atoms with E-state index in [0.29, 0.717) is 17.3 Å². The number of hydrogen-bond donors (Lipinski definition) is 1. The number of aromatic nitrogens is 7. The zero-order valence-corrected chi connectivity index (χ0v) is 13.6. The maximum atomic E-state index is 12.2. The first kappa shape index (κ1) is 15.6. The maximum absolute atomic E-state index is 12.2. The predicted octanol–water partition coefficient (Wildman–Crippen LogP) is 1.56. The molecule has 0 saturated heterocycles. The first-order valence-corrected chi connectivity index (χ1v) is 7.85. The van der Waals surface area contributed by atoms with Crippen LogP contribution in [0, 0.1) is 0 Å². The number of rotatable bonds is 5. The Morgan fingerprint density at radius 3 is 2.73 bits per heavy atom. The van der Waals surface area contributed by atoms with Crippen LogP contribution >= 0.6 is 0 Å². The molecule has 0 unspecified atom stereocenters. The van der Waals surface area contributed by atoms with Crippen molar-refractivity contribution in [3.05, 3.63) is 67.4 Å². The van der Waals surface area contributed by atoms with Crippen LogP contribution in [0.1, 0.15) is 0 Å². The van der Waals surface area contributed by atoms with E-state index >= 15 is 0 Å². The topological polar surface area (TPSA) is 103 Å². The summed E-state index contributed by atoms with van der Waals surface area (Å²) in [5, 5.41) is 14.9. The van der Waals surface area contributed by atoms with E-state index in [1.807, 2.05) is 30.3 Å². The minimum Gasteiger partial charge on any atom is -0.323 e. The Hall–Kier alpha value is -3.88. The third kappa shape index (κ3) is 3.46. The van der Waals surface area contributed by atoms with Crippen molar-refractivity contribution in [3.8, 4) is 17.2 Å². The SMILES string of the molecule is O=C(Cn1nnc(-c2ccccc2)n1)Nc1ccc(-n2ccnc2)nc1. The van der Waals surface area contributed by atoms with Crippen LogP contribution in [0.2, 0.25) is 0 Å². The summed E-state index contributed by atoms with van der Waals surface area (Å²) in [6.07, 6.45) is 6.70. The van der Waals surface area contributed by atoms with Crippen molar-refractivity contribution in [2.45, 2.75) is 6.54 Å². The summed E-state index contributed by atoms with van der Waals surface area (Å²) in [4.78, 5) is 21.7. The van der Waals surface area contributed by atoms with E-state index in [1.165, 1.54) is 4.80 Å². The molecule has 0 saturated carbocycles. The molecule has 0 aliphatic carbocycles. The maximum Gasteiger partial charge on any atom is 0.248 e. The second-order valence-corrected chi connectivity index (χ2v) is 5.43. The van der Waals surface area contributed by atoms with Crippen LogP contribution in [-0.2, 0) is 11.3 Å². The van der Waals surface area contributed by atoms with Crippen LogP contribution < -0.4 is 5.32 Å². The van der Waals surface area contributed by atoms with Gasteiger partial charge in [0, 0.05) is 18.0 Å². The molecule has 3 aromatic heterocycles. The summed E-state index contributed by atoms with van der Waals surface area (Å²) >= 11 is 0. The van der Waals surface area contributed by atoms with Crippen LogP contribution in [0.3, 0.4) is 0 Å². The first-order valence-electron chi connectivity index (χ1n) is 7.85. The van der Waals surface area contributed by atoms with Crippen LogP contribution in [-0.4, -0.2) is 40.6 Å². The predicted molar refractivity (Wildman–Crippen MR) is 93.2 cm³/mol. The lowest BCUT2D eigenvalue weighted by Crippen LogP contribution is -2.20. The van der Waals surface area contributed by atoms with Crippen molar-refractivity contribution >= 4 is 11.6 Å². The van der Waals surface area contributed by atoms with Crippen LogP contribution in [0.4, 0.5) is 5.69 Å². The third-order valence-corrected chi connectivity index (χ3v) is 3.57. The molecule has 0 aliphatic rings. The first-order chi connectivity index (χ1) is 12.8. The fourth-order valence-corrected chi connectivity index (χ4v) is 2.35. The van der Waals surface area contributed by atoms with Crippen molar-refractivity contribution in [2.24, 2.45) is 0 Å². The second kappa shape index (κ2) is 6.93. The number of carbonyl (C=O) groups is 1. The van der Waals surface area contributed by atoms with Gasteiger partial charge in [0.2, 0.25) is 11.7 Å². The number of nitrogens with zero attached hydrogens (tertiary/aromatic N) is 7. The summed E-state index contributed by atoms with van der Waals surface area (Å²) in [5.41, 5.74) is 1.43. The molecule has 0 fully saturated rings. The molecular weight excluding hydrogens is 332 g/mol. The number of amides is 1. The molecule has 1 N–H and O–H groups in total. The second-order valence-electron chi connectivity index (χ2n) is 5.43. The Balaban J connectivity index is 1.39. The molecule has 0 bridgehead atoms. The molecule has 0 atom stereocenters. The molecule has 4 aromatic rings. The largest absolute Gasteiger partial charge is 0.323 e. The molecular formula is C17H14N8O. The van der Waals surface area contributed by atoms with Crippen molar-refractivity contribution < 1.29 is 4.79 Å². The molecule has 1 amide bonds. The summed E-state index contributed by atoms with van der Waals surface area (Å²) < 4.78 is 1.77. The monoisotopic (exact) mass is 346 g/mol. The fourth-order valence-electron chi connectivity index (χ4n) is 2.35. The highest BCUT2D eigenvalue weighted by Crippen LogP contribution is 2.12. The van der Waals surface area contributed by atoms with Crippen LogP contribution in [0.15, 0.2) is 67.4 Å². The molecule has 1 aromatic carbocycles. The molecule has 0 aliphatic heterocycles. The molecule has 0 spiro atoms. The Kier molecular flexibility index (Phi) is 4.17. The van der Waals surface area contributed by atoms with Crippen molar-refractivity contribution in [2.75, 3.05) is 5.32 Å². The van der Waals surface area contributed by atoms with Gasteiger partial charge in [-0.2, -0.15) is 4.80 Å². The third-order valence-electron chi connectivity index (χ3n) is 3.57. The van der Waals surface area contributed by atoms with Gasteiger partial charge in [-0.15, -0.1) is 10.2 Å². The van der Waals surface area contributed by atoms with Gasteiger partial charge < -0.3 is 5.32 Å². The number of benzene rings is 1. The Labute approximate surface area is 148 Å². The van der Waals surface area contributed by atoms with Gasteiger partial charge in [-0.1, -0.05) is 30.3 Å². The van der Waals surface area contributed by atoms with E-state index in [0.717, 1.165) is 5.56 Å². The standard InChI is InChI=1S/C17H14N8O/c26-16(11-25-22-17(21-23-25)13-4-2-1-3-5-13)20-14-6-7-15(19-10-14)24-9-8-18-12-24/h1-10,12H,11H2,(H,20,26). The Morgan fingerprint density at radius 1 is 1.12 bits per heavy atom. The number of imidazole rings is 1. The number of pyridine rings is 1. The van der Waals surface area contributed by atoms with E-state index in [2.05, 4.69) is 30.7 Å². The summed E-state index contributed by atoms with van der Waals surface area (Å²) in [7, 11) is 0. The molecule has 0 radical (unpaired) electrons. The number of hydrogen-bond acceptors (Lipinski definition) is 6. The van der Waals surface area contributed by atoms with Gasteiger partial charge in [0.05, 0.1) is 11.9 Å². The molecule has 26 heavy (non-hydrogen) atoms. The van der Waals surface area contributed by atoms with Gasteiger partial charge in [0.15, 0.2) is 0 Å². The van der Waals surface area contributed by atoms with Gasteiger partial charge in [-0.25, -0.2) is 9.97 Å². The molecule has 128 valence electrons. The lowest BCUT2D eigenvalue weighted by molar-refractivity contribution is -0.117. The van der Waals surface area contributed by atoms with E-state index < -0.39 is 0 Å².